The molecule has 8 nitrogen and oxygen atoms in total. The smallest absolute Gasteiger partial charge is 0.336 e. The van der Waals surface area contributed by atoms with Gasteiger partial charge in [-0.3, -0.25) is 0 Å². The molecule has 148 valence electrons. The van der Waals surface area contributed by atoms with E-state index in [1.165, 1.54) is 30.0 Å². The number of aromatic hydroxyl groups is 1. The first-order valence-corrected chi connectivity index (χ1v) is 9.50. The zero-order valence-corrected chi connectivity index (χ0v) is 16.4. The lowest BCUT2D eigenvalue weighted by molar-refractivity contribution is 0.394. The summed E-state index contributed by atoms with van der Waals surface area (Å²) in [5, 5.41) is 18.8. The van der Waals surface area contributed by atoms with E-state index in [0.29, 0.717) is 39.5 Å². The second-order valence-corrected chi connectivity index (χ2v) is 6.96. The van der Waals surface area contributed by atoms with Gasteiger partial charge in [-0.15, -0.1) is 10.2 Å². The molecule has 2 aromatic heterocycles. The standard InChI is InChI=1S/C20H16N2O6S/c1-25-14-5-11(6-15(9-14)26-2)19-21-22-20(28-19)29-10-12-7-18(24)27-17-8-13(23)3-4-16(12)17/h3-9,23H,10H2,1-2H3. The van der Waals surface area contributed by atoms with E-state index in [1.54, 1.807) is 38.5 Å². The van der Waals surface area contributed by atoms with E-state index in [9.17, 15) is 9.90 Å². The van der Waals surface area contributed by atoms with E-state index >= 15 is 0 Å². The lowest BCUT2D eigenvalue weighted by Gasteiger charge is -2.05. The predicted octanol–water partition coefficient (Wildman–Crippen LogP) is 3.86. The van der Waals surface area contributed by atoms with Crippen LogP contribution in [0.15, 0.2) is 61.3 Å². The van der Waals surface area contributed by atoms with Gasteiger partial charge in [-0.05, 0) is 29.8 Å². The van der Waals surface area contributed by atoms with Gasteiger partial charge in [0.15, 0.2) is 0 Å². The molecule has 0 saturated carbocycles. The maximum atomic E-state index is 11.8. The highest BCUT2D eigenvalue weighted by molar-refractivity contribution is 7.98. The van der Waals surface area contributed by atoms with Gasteiger partial charge in [-0.2, -0.15) is 0 Å². The number of phenolic OH excluding ortho intramolecular Hbond substituents is 1. The normalized spacial score (nSPS) is 11.0. The van der Waals surface area contributed by atoms with Crippen LogP contribution in [-0.2, 0) is 5.75 Å². The first-order valence-electron chi connectivity index (χ1n) is 8.51. The van der Waals surface area contributed by atoms with Crippen LogP contribution in [0.2, 0.25) is 0 Å². The molecule has 0 unspecified atom stereocenters. The number of thioether (sulfide) groups is 1. The molecule has 2 aromatic carbocycles. The van der Waals surface area contributed by atoms with Crippen LogP contribution in [0.3, 0.4) is 0 Å². The first kappa shape index (κ1) is 18.9. The Balaban J connectivity index is 1.58. The summed E-state index contributed by atoms with van der Waals surface area (Å²) in [5.74, 6) is 1.98. The number of benzene rings is 2. The topological polar surface area (TPSA) is 108 Å². The van der Waals surface area contributed by atoms with Crippen molar-refractivity contribution in [1.82, 2.24) is 10.2 Å². The van der Waals surface area contributed by atoms with Crippen LogP contribution >= 0.6 is 11.8 Å². The van der Waals surface area contributed by atoms with Crippen molar-refractivity contribution < 1.29 is 23.4 Å². The van der Waals surface area contributed by atoms with Gasteiger partial charge in [0.1, 0.15) is 22.8 Å². The number of nitrogens with zero attached hydrogens (tertiary/aromatic N) is 2. The Hall–Kier alpha value is -3.46. The molecule has 0 atom stereocenters. The average molecular weight is 412 g/mol. The summed E-state index contributed by atoms with van der Waals surface area (Å²) in [5.41, 5.74) is 1.24. The zero-order chi connectivity index (χ0) is 20.4. The number of fused-ring (bicyclic) bond motifs is 1. The van der Waals surface area contributed by atoms with Crippen molar-refractivity contribution in [2.75, 3.05) is 14.2 Å². The molecular weight excluding hydrogens is 396 g/mol. The Morgan fingerprint density at radius 2 is 1.76 bits per heavy atom. The van der Waals surface area contributed by atoms with Crippen molar-refractivity contribution in [3.63, 3.8) is 0 Å². The lowest BCUT2D eigenvalue weighted by atomic mass is 10.1. The van der Waals surface area contributed by atoms with Crippen molar-refractivity contribution in [3.05, 3.63) is 58.4 Å². The molecule has 0 aliphatic carbocycles. The van der Waals surface area contributed by atoms with Crippen LogP contribution < -0.4 is 15.1 Å². The van der Waals surface area contributed by atoms with Gasteiger partial charge in [-0.1, -0.05) is 11.8 Å². The SMILES string of the molecule is COc1cc(OC)cc(-c2nnc(SCc3cc(=O)oc4cc(O)ccc34)o2)c1. The molecule has 0 radical (unpaired) electrons. The fraction of sp³-hybridized carbons (Fsp3) is 0.150. The Bertz CT molecular complexity index is 1210. The van der Waals surface area contributed by atoms with E-state index < -0.39 is 5.63 Å². The van der Waals surface area contributed by atoms with Crippen molar-refractivity contribution >= 4 is 22.7 Å². The number of aromatic nitrogens is 2. The van der Waals surface area contributed by atoms with Crippen molar-refractivity contribution in [3.8, 4) is 28.7 Å². The van der Waals surface area contributed by atoms with Gasteiger partial charge in [-0.25, -0.2) is 4.79 Å². The van der Waals surface area contributed by atoms with Crippen molar-refractivity contribution in [1.29, 1.82) is 0 Å². The van der Waals surface area contributed by atoms with Gasteiger partial charge in [0.2, 0.25) is 5.89 Å². The van der Waals surface area contributed by atoms with E-state index in [-0.39, 0.29) is 5.75 Å². The number of ether oxygens (including phenoxy) is 2. The van der Waals surface area contributed by atoms with Crippen LogP contribution in [0.1, 0.15) is 5.56 Å². The molecule has 0 spiro atoms. The number of rotatable bonds is 6. The van der Waals surface area contributed by atoms with Crippen LogP contribution in [0.4, 0.5) is 0 Å². The molecule has 9 heteroatoms. The zero-order valence-electron chi connectivity index (χ0n) is 15.5. The van der Waals surface area contributed by atoms with Crippen LogP contribution in [-0.4, -0.2) is 29.5 Å². The average Bonchev–Trinajstić information content (AvgIpc) is 3.20. The molecule has 0 aliphatic heterocycles. The maximum absolute atomic E-state index is 11.8. The van der Waals surface area contributed by atoms with Crippen LogP contribution in [0, 0.1) is 0 Å². The fourth-order valence-corrected chi connectivity index (χ4v) is 3.55. The third kappa shape index (κ3) is 4.04. The Kier molecular flexibility index (Phi) is 5.13. The summed E-state index contributed by atoms with van der Waals surface area (Å²) >= 11 is 1.29. The minimum absolute atomic E-state index is 0.0284. The second-order valence-electron chi connectivity index (χ2n) is 6.03. The largest absolute Gasteiger partial charge is 0.508 e. The summed E-state index contributed by atoms with van der Waals surface area (Å²) in [6.45, 7) is 0. The second kappa shape index (κ2) is 7.88. The monoisotopic (exact) mass is 412 g/mol. The van der Waals surface area contributed by atoms with Gasteiger partial charge < -0.3 is 23.4 Å². The first-order chi connectivity index (χ1) is 14.1. The van der Waals surface area contributed by atoms with Crippen molar-refractivity contribution in [2.24, 2.45) is 0 Å². The van der Waals surface area contributed by atoms with E-state index in [1.807, 2.05) is 0 Å². The van der Waals surface area contributed by atoms with Crippen LogP contribution in [0.5, 0.6) is 17.2 Å². The quantitative estimate of drug-likeness (QED) is 0.373. The summed E-state index contributed by atoms with van der Waals surface area (Å²) in [7, 11) is 3.13. The molecule has 0 bridgehead atoms. The number of phenols is 1. The molecule has 0 amide bonds. The Morgan fingerprint density at radius 1 is 1.00 bits per heavy atom. The molecule has 4 aromatic rings. The highest BCUT2D eigenvalue weighted by Crippen LogP contribution is 2.32. The summed E-state index contributed by atoms with van der Waals surface area (Å²) in [6, 6.07) is 11.4. The number of hydrogen-bond donors (Lipinski definition) is 1. The predicted molar refractivity (Wildman–Crippen MR) is 107 cm³/mol. The fourth-order valence-electron chi connectivity index (χ4n) is 2.79. The molecule has 4 rings (SSSR count). The summed E-state index contributed by atoms with van der Waals surface area (Å²) < 4.78 is 21.4. The molecule has 0 fully saturated rings. The third-order valence-corrected chi connectivity index (χ3v) is 5.04. The van der Waals surface area contributed by atoms with Gasteiger partial charge in [0.05, 0.1) is 14.2 Å². The van der Waals surface area contributed by atoms with Gasteiger partial charge in [0, 0.05) is 34.9 Å². The Labute approximate surface area is 169 Å². The Morgan fingerprint density at radius 3 is 2.48 bits per heavy atom. The highest BCUT2D eigenvalue weighted by Gasteiger charge is 2.14. The molecule has 2 heterocycles. The van der Waals surface area contributed by atoms with Gasteiger partial charge >= 0.3 is 5.63 Å². The molecule has 29 heavy (non-hydrogen) atoms. The minimum Gasteiger partial charge on any atom is -0.508 e. The molecule has 0 saturated heterocycles. The van der Waals surface area contributed by atoms with Crippen LogP contribution in [0.25, 0.3) is 22.4 Å². The van der Waals surface area contributed by atoms with E-state index in [4.69, 9.17) is 18.3 Å². The van der Waals surface area contributed by atoms with E-state index in [0.717, 1.165) is 10.9 Å². The third-order valence-electron chi connectivity index (χ3n) is 4.17. The number of hydrogen-bond acceptors (Lipinski definition) is 9. The van der Waals surface area contributed by atoms with Gasteiger partial charge in [0.25, 0.3) is 5.22 Å². The maximum Gasteiger partial charge on any atom is 0.336 e. The minimum atomic E-state index is -0.492. The summed E-state index contributed by atoms with van der Waals surface area (Å²) in [6.07, 6.45) is 0. The van der Waals surface area contributed by atoms with Crippen molar-refractivity contribution in [2.45, 2.75) is 11.0 Å². The number of methoxy groups -OCH3 is 2. The summed E-state index contributed by atoms with van der Waals surface area (Å²) in [4.78, 5) is 11.8. The van der Waals surface area contributed by atoms with E-state index in [2.05, 4.69) is 10.2 Å². The lowest BCUT2D eigenvalue weighted by Crippen LogP contribution is -1.99. The highest BCUT2D eigenvalue weighted by atomic mass is 32.2. The molecule has 1 N–H and O–H groups in total. The molecule has 0 aliphatic rings. The molecular formula is C20H16N2O6S.